The number of rotatable bonds is 7. The summed E-state index contributed by atoms with van der Waals surface area (Å²) in [4.78, 5) is 4.11. The van der Waals surface area contributed by atoms with Crippen LogP contribution in [0.25, 0.3) is 0 Å². The summed E-state index contributed by atoms with van der Waals surface area (Å²) in [6, 6.07) is 2.00. The number of hydrogen-bond acceptors (Lipinski definition) is 3. The van der Waals surface area contributed by atoms with E-state index in [1.807, 2.05) is 13.0 Å². The van der Waals surface area contributed by atoms with Crippen molar-refractivity contribution in [3.63, 3.8) is 0 Å². The molecule has 0 fully saturated rings. The molecule has 3 nitrogen and oxygen atoms in total. The molecule has 18 heavy (non-hydrogen) atoms. The number of nitrogens with zero attached hydrogens (tertiary/aromatic N) is 1. The Hall–Kier alpha value is -0.450. The number of nitrogens with one attached hydrogen (secondary N) is 1. The largest absolute Gasteiger partial charge is 0.390 e. The third-order valence-corrected chi connectivity index (χ3v) is 3.17. The van der Waals surface area contributed by atoms with Gasteiger partial charge in [0.05, 0.1) is 5.60 Å². The molecule has 4 heteroatoms. The van der Waals surface area contributed by atoms with E-state index in [9.17, 15) is 5.11 Å². The summed E-state index contributed by atoms with van der Waals surface area (Å²) in [7, 11) is 0. The molecular weight excluding hydrogens is 292 g/mol. The van der Waals surface area contributed by atoms with Gasteiger partial charge in [-0.25, -0.2) is 0 Å². The summed E-state index contributed by atoms with van der Waals surface area (Å²) in [6.45, 7) is 8.07. The highest BCUT2D eigenvalue weighted by atomic mass is 79.9. The minimum absolute atomic E-state index is 0.628. The smallest absolute Gasteiger partial charge is 0.0672 e. The maximum Gasteiger partial charge on any atom is 0.0672 e. The van der Waals surface area contributed by atoms with Gasteiger partial charge in [-0.1, -0.05) is 13.8 Å². The predicted molar refractivity (Wildman–Crippen MR) is 78.6 cm³/mol. The van der Waals surface area contributed by atoms with Crippen molar-refractivity contribution >= 4 is 15.9 Å². The normalized spacial score (nSPS) is 14.8. The molecule has 1 unspecified atom stereocenters. The van der Waals surface area contributed by atoms with Crippen molar-refractivity contribution in [3.8, 4) is 0 Å². The van der Waals surface area contributed by atoms with Gasteiger partial charge in [0, 0.05) is 23.3 Å². The van der Waals surface area contributed by atoms with Crippen molar-refractivity contribution in [3.05, 3.63) is 28.5 Å². The molecule has 1 rings (SSSR count). The maximum atomic E-state index is 10.3. The Labute approximate surface area is 118 Å². The Morgan fingerprint density at radius 2 is 2.17 bits per heavy atom. The summed E-state index contributed by atoms with van der Waals surface area (Å²) in [5.74, 6) is 0.643. The van der Waals surface area contributed by atoms with Crippen LogP contribution in [-0.4, -0.2) is 28.8 Å². The highest BCUT2D eigenvalue weighted by Crippen LogP contribution is 2.18. The molecule has 0 saturated carbocycles. The summed E-state index contributed by atoms with van der Waals surface area (Å²) < 4.78 is 0.953. The van der Waals surface area contributed by atoms with Crippen molar-refractivity contribution in [2.45, 2.75) is 39.2 Å². The van der Waals surface area contributed by atoms with Crippen LogP contribution < -0.4 is 5.32 Å². The van der Waals surface area contributed by atoms with Gasteiger partial charge in [0.15, 0.2) is 0 Å². The zero-order valence-corrected chi connectivity index (χ0v) is 13.0. The van der Waals surface area contributed by atoms with Crippen LogP contribution in [0, 0.1) is 5.92 Å². The number of aliphatic hydroxyl groups is 1. The van der Waals surface area contributed by atoms with E-state index in [2.05, 4.69) is 40.1 Å². The van der Waals surface area contributed by atoms with Crippen molar-refractivity contribution in [2.24, 2.45) is 5.92 Å². The van der Waals surface area contributed by atoms with E-state index in [0.717, 1.165) is 29.5 Å². The minimum Gasteiger partial charge on any atom is -0.390 e. The zero-order valence-electron chi connectivity index (χ0n) is 11.4. The van der Waals surface area contributed by atoms with Crippen LogP contribution in [0.5, 0.6) is 0 Å². The lowest BCUT2D eigenvalue weighted by Crippen LogP contribution is -2.33. The molecule has 0 aliphatic heterocycles. The van der Waals surface area contributed by atoms with Gasteiger partial charge in [0.1, 0.15) is 0 Å². The van der Waals surface area contributed by atoms with E-state index in [1.54, 1.807) is 12.4 Å². The van der Waals surface area contributed by atoms with Crippen molar-refractivity contribution < 1.29 is 5.11 Å². The Morgan fingerprint density at radius 1 is 1.44 bits per heavy atom. The lowest BCUT2D eigenvalue weighted by molar-refractivity contribution is 0.0513. The predicted octanol–water partition coefficient (Wildman–Crippen LogP) is 2.77. The van der Waals surface area contributed by atoms with Gasteiger partial charge < -0.3 is 10.4 Å². The Kier molecular flexibility index (Phi) is 6.26. The highest BCUT2D eigenvalue weighted by Gasteiger charge is 2.20. The average molecular weight is 315 g/mol. The average Bonchev–Trinajstić information content (AvgIpc) is 2.23. The summed E-state index contributed by atoms with van der Waals surface area (Å²) in [5.41, 5.74) is 0.366. The third-order valence-electron chi connectivity index (χ3n) is 2.74. The first kappa shape index (κ1) is 15.6. The first-order valence-corrected chi connectivity index (χ1v) is 7.21. The quantitative estimate of drug-likeness (QED) is 0.761. The molecule has 102 valence electrons. The van der Waals surface area contributed by atoms with Gasteiger partial charge >= 0.3 is 0 Å². The fourth-order valence-electron chi connectivity index (χ4n) is 1.83. The Balaban J connectivity index is 2.39. The van der Waals surface area contributed by atoms with Gasteiger partial charge in [0.2, 0.25) is 0 Å². The SMILES string of the molecule is CC(C)CNCCC(C)(O)Cc1cncc(Br)c1. The highest BCUT2D eigenvalue weighted by molar-refractivity contribution is 9.10. The molecule has 0 bridgehead atoms. The lowest BCUT2D eigenvalue weighted by Gasteiger charge is -2.23. The Bertz CT molecular complexity index is 367. The fraction of sp³-hybridized carbons (Fsp3) is 0.643. The van der Waals surface area contributed by atoms with Crippen molar-refractivity contribution in [2.75, 3.05) is 13.1 Å². The standard InChI is InChI=1S/C14H23BrN2O/c1-11(2)8-16-5-4-14(3,18)7-12-6-13(15)10-17-9-12/h6,9-11,16,18H,4-5,7-8H2,1-3H3. The summed E-state index contributed by atoms with van der Waals surface area (Å²) >= 11 is 3.39. The fourth-order valence-corrected chi connectivity index (χ4v) is 2.24. The van der Waals surface area contributed by atoms with Crippen LogP contribution >= 0.6 is 15.9 Å². The van der Waals surface area contributed by atoms with Gasteiger partial charge in [-0.05, 0) is 59.9 Å². The van der Waals surface area contributed by atoms with E-state index in [0.29, 0.717) is 12.3 Å². The van der Waals surface area contributed by atoms with Crippen LogP contribution in [0.1, 0.15) is 32.8 Å². The molecule has 0 saturated heterocycles. The van der Waals surface area contributed by atoms with E-state index in [4.69, 9.17) is 0 Å². The topological polar surface area (TPSA) is 45.1 Å². The number of halogens is 1. The van der Waals surface area contributed by atoms with Gasteiger partial charge in [0.25, 0.3) is 0 Å². The van der Waals surface area contributed by atoms with E-state index >= 15 is 0 Å². The molecule has 0 spiro atoms. The number of pyridine rings is 1. The molecule has 1 heterocycles. The van der Waals surface area contributed by atoms with Crippen LogP contribution in [-0.2, 0) is 6.42 Å². The van der Waals surface area contributed by atoms with Crippen LogP contribution in [0.15, 0.2) is 22.9 Å². The molecule has 0 radical (unpaired) electrons. The molecule has 0 aliphatic carbocycles. The van der Waals surface area contributed by atoms with Crippen LogP contribution in [0.3, 0.4) is 0 Å². The molecule has 1 aromatic rings. The lowest BCUT2D eigenvalue weighted by atomic mass is 9.94. The Morgan fingerprint density at radius 3 is 2.78 bits per heavy atom. The van der Waals surface area contributed by atoms with Gasteiger partial charge in [-0.15, -0.1) is 0 Å². The minimum atomic E-state index is -0.688. The molecule has 1 atom stereocenters. The molecule has 0 aromatic carbocycles. The first-order chi connectivity index (χ1) is 8.39. The third kappa shape index (κ3) is 6.47. The molecule has 2 N–H and O–H groups in total. The zero-order chi connectivity index (χ0) is 13.6. The van der Waals surface area contributed by atoms with Crippen LogP contribution in [0.2, 0.25) is 0 Å². The van der Waals surface area contributed by atoms with Gasteiger partial charge in [-0.3, -0.25) is 4.98 Å². The number of aromatic nitrogens is 1. The maximum absolute atomic E-state index is 10.3. The van der Waals surface area contributed by atoms with Crippen LogP contribution in [0.4, 0.5) is 0 Å². The number of hydrogen-bond donors (Lipinski definition) is 2. The molecule has 0 amide bonds. The summed E-state index contributed by atoms with van der Waals surface area (Å²) in [5, 5.41) is 13.7. The van der Waals surface area contributed by atoms with Gasteiger partial charge in [-0.2, -0.15) is 0 Å². The van der Waals surface area contributed by atoms with E-state index in [-0.39, 0.29) is 0 Å². The van der Waals surface area contributed by atoms with Crippen molar-refractivity contribution in [1.29, 1.82) is 0 Å². The second kappa shape index (κ2) is 7.22. The molecular formula is C14H23BrN2O. The summed E-state index contributed by atoms with van der Waals surface area (Å²) in [6.07, 6.45) is 4.93. The molecule has 0 aliphatic rings. The monoisotopic (exact) mass is 314 g/mol. The van der Waals surface area contributed by atoms with E-state index in [1.165, 1.54) is 0 Å². The van der Waals surface area contributed by atoms with E-state index < -0.39 is 5.60 Å². The molecule has 1 aromatic heterocycles. The second-order valence-electron chi connectivity index (χ2n) is 5.53. The first-order valence-electron chi connectivity index (χ1n) is 6.41. The second-order valence-corrected chi connectivity index (χ2v) is 6.45. The van der Waals surface area contributed by atoms with Crippen molar-refractivity contribution in [1.82, 2.24) is 10.3 Å².